The second-order valence-electron chi connectivity index (χ2n) is 3.79. The van der Waals surface area contributed by atoms with Gasteiger partial charge in [-0.05, 0) is 19.3 Å². The second-order valence-corrected chi connectivity index (χ2v) is 3.79. The third-order valence-corrected chi connectivity index (χ3v) is 2.91. The van der Waals surface area contributed by atoms with Crippen LogP contribution in [-0.4, -0.2) is 7.41 Å². The van der Waals surface area contributed by atoms with Crippen LogP contribution >= 0.6 is 0 Å². The highest BCUT2D eigenvalue weighted by atomic mass is 14.4. The van der Waals surface area contributed by atoms with Crippen LogP contribution in [0, 0.1) is 0 Å². The molecule has 2 heteroatoms. The quantitative estimate of drug-likeness (QED) is 0.493. The second kappa shape index (κ2) is 5.42. The molecule has 0 saturated carbocycles. The van der Waals surface area contributed by atoms with Crippen molar-refractivity contribution in [1.82, 2.24) is 0 Å². The van der Waals surface area contributed by atoms with Gasteiger partial charge in [-0.3, -0.25) is 0 Å². The van der Waals surface area contributed by atoms with E-state index in [1.807, 2.05) is 0 Å². The van der Waals surface area contributed by atoms with Crippen LogP contribution in [0.5, 0.6) is 0 Å². The lowest BCUT2D eigenvalue weighted by Crippen LogP contribution is -2.14. The molecule has 1 unspecified atom stereocenters. The first-order valence-corrected chi connectivity index (χ1v) is 5.24. The molecule has 1 atom stereocenters. The topological polar surface area (TPSA) is 26.0 Å². The average Bonchev–Trinajstić information content (AvgIpc) is 2.05. The summed E-state index contributed by atoms with van der Waals surface area (Å²) in [5, 5.41) is 0. The maximum absolute atomic E-state index is 5.69. The van der Waals surface area contributed by atoms with Gasteiger partial charge in [0.2, 0.25) is 7.41 Å². The van der Waals surface area contributed by atoms with E-state index in [4.69, 9.17) is 5.64 Å². The van der Waals surface area contributed by atoms with Crippen LogP contribution in [0.4, 0.5) is 0 Å². The van der Waals surface area contributed by atoms with Crippen molar-refractivity contribution in [3.05, 3.63) is 11.6 Å². The van der Waals surface area contributed by atoms with Gasteiger partial charge in [0.15, 0.2) is 0 Å². The van der Waals surface area contributed by atoms with Gasteiger partial charge in [0.05, 0.1) is 0 Å². The molecule has 0 amide bonds. The van der Waals surface area contributed by atoms with Crippen LogP contribution < -0.4 is 5.64 Å². The molecule has 1 rings (SSSR count). The summed E-state index contributed by atoms with van der Waals surface area (Å²) in [4.78, 5) is 0. The van der Waals surface area contributed by atoms with Crippen molar-refractivity contribution < 1.29 is 0 Å². The molecule has 0 fully saturated rings. The SMILES string of the molecule is CC/C1=C/CCCC(BN)CC1. The molecule has 0 aromatic rings. The van der Waals surface area contributed by atoms with E-state index in [2.05, 4.69) is 13.0 Å². The Kier molecular flexibility index (Phi) is 4.45. The predicted octanol–water partition coefficient (Wildman–Crippen LogP) is 2.39. The fourth-order valence-electron chi connectivity index (χ4n) is 1.91. The monoisotopic (exact) mass is 165 g/mol. The zero-order valence-electron chi connectivity index (χ0n) is 8.18. The molecule has 0 aromatic heterocycles. The maximum atomic E-state index is 5.69. The molecule has 0 spiro atoms. The summed E-state index contributed by atoms with van der Waals surface area (Å²) in [6.07, 6.45) is 10.2. The summed E-state index contributed by atoms with van der Waals surface area (Å²) < 4.78 is 0. The number of rotatable bonds is 2. The highest BCUT2D eigenvalue weighted by Gasteiger charge is 2.10. The molecule has 1 aliphatic rings. The van der Waals surface area contributed by atoms with Gasteiger partial charge in [0.1, 0.15) is 0 Å². The number of nitrogens with two attached hydrogens (primary N) is 1. The van der Waals surface area contributed by atoms with Gasteiger partial charge in [0.25, 0.3) is 0 Å². The highest BCUT2D eigenvalue weighted by molar-refractivity contribution is 6.33. The van der Waals surface area contributed by atoms with E-state index >= 15 is 0 Å². The molecule has 68 valence electrons. The lowest BCUT2D eigenvalue weighted by molar-refractivity contribution is 0.611. The van der Waals surface area contributed by atoms with Crippen LogP contribution in [0.1, 0.15) is 45.4 Å². The van der Waals surface area contributed by atoms with Gasteiger partial charge in [-0.25, -0.2) is 0 Å². The summed E-state index contributed by atoms with van der Waals surface area (Å²) in [7, 11) is 0.886. The largest absolute Gasteiger partial charge is 0.373 e. The van der Waals surface area contributed by atoms with E-state index in [9.17, 15) is 0 Å². The van der Waals surface area contributed by atoms with Crippen molar-refractivity contribution in [3.63, 3.8) is 0 Å². The Morgan fingerprint density at radius 1 is 1.58 bits per heavy atom. The van der Waals surface area contributed by atoms with Crippen LogP contribution in [0.15, 0.2) is 11.6 Å². The fraction of sp³-hybridized carbons (Fsp3) is 0.800. The van der Waals surface area contributed by atoms with Crippen molar-refractivity contribution >= 4 is 7.41 Å². The summed E-state index contributed by atoms with van der Waals surface area (Å²) in [6, 6.07) is 0. The van der Waals surface area contributed by atoms with E-state index in [-0.39, 0.29) is 0 Å². The molecule has 1 aliphatic carbocycles. The molecule has 1 nitrogen and oxygen atoms in total. The van der Waals surface area contributed by atoms with Crippen molar-refractivity contribution in [2.45, 2.75) is 51.3 Å². The average molecular weight is 165 g/mol. The molecule has 12 heavy (non-hydrogen) atoms. The van der Waals surface area contributed by atoms with Gasteiger partial charge in [-0.15, -0.1) is 0 Å². The molecule has 0 radical (unpaired) electrons. The summed E-state index contributed by atoms with van der Waals surface area (Å²) in [5.74, 6) is 0.792. The van der Waals surface area contributed by atoms with Crippen LogP contribution in [0.2, 0.25) is 5.82 Å². The van der Waals surface area contributed by atoms with Crippen molar-refractivity contribution in [2.24, 2.45) is 5.64 Å². The van der Waals surface area contributed by atoms with Crippen LogP contribution in [0.3, 0.4) is 0 Å². The van der Waals surface area contributed by atoms with E-state index in [0.29, 0.717) is 0 Å². The Morgan fingerprint density at radius 3 is 3.08 bits per heavy atom. The normalized spacial score (nSPS) is 29.8. The molecule has 0 bridgehead atoms. The van der Waals surface area contributed by atoms with Gasteiger partial charge in [-0.2, -0.15) is 0 Å². The number of allylic oxidation sites excluding steroid dienone is 2. The highest BCUT2D eigenvalue weighted by Crippen LogP contribution is 2.26. The minimum absolute atomic E-state index is 0.792. The molecular formula is C10H20BN. The smallest absolute Gasteiger partial charge is 0.201 e. The first-order valence-electron chi connectivity index (χ1n) is 5.24. The summed E-state index contributed by atoms with van der Waals surface area (Å²) in [6.45, 7) is 2.25. The fourth-order valence-corrected chi connectivity index (χ4v) is 1.91. The first-order chi connectivity index (χ1) is 5.86. The Hall–Kier alpha value is -0.235. The third kappa shape index (κ3) is 3.02. The van der Waals surface area contributed by atoms with E-state index in [1.54, 1.807) is 5.57 Å². The van der Waals surface area contributed by atoms with Crippen LogP contribution in [0.25, 0.3) is 0 Å². The Morgan fingerprint density at radius 2 is 2.42 bits per heavy atom. The molecule has 0 saturated heterocycles. The lowest BCUT2D eigenvalue weighted by atomic mass is 9.70. The van der Waals surface area contributed by atoms with Gasteiger partial charge < -0.3 is 5.64 Å². The Labute approximate surface area is 76.7 Å². The zero-order chi connectivity index (χ0) is 8.81. The van der Waals surface area contributed by atoms with Gasteiger partial charge >= 0.3 is 0 Å². The molecule has 0 aliphatic heterocycles. The Balaban J connectivity index is 2.41. The van der Waals surface area contributed by atoms with Crippen molar-refractivity contribution in [2.75, 3.05) is 0 Å². The van der Waals surface area contributed by atoms with Crippen molar-refractivity contribution in [1.29, 1.82) is 0 Å². The van der Waals surface area contributed by atoms with E-state index in [1.165, 1.54) is 38.5 Å². The van der Waals surface area contributed by atoms with Crippen molar-refractivity contribution in [3.8, 4) is 0 Å². The molecule has 0 heterocycles. The standard InChI is InChI=1S/C10H20BN/c1-2-9-5-3-4-6-10(11-12)8-7-9/h5,10-11H,2-4,6-8,12H2,1H3/b9-5-. The summed E-state index contributed by atoms with van der Waals surface area (Å²) in [5.41, 5.74) is 7.34. The third-order valence-electron chi connectivity index (χ3n) is 2.91. The zero-order valence-corrected chi connectivity index (χ0v) is 8.18. The Bertz CT molecular complexity index is 154. The van der Waals surface area contributed by atoms with Crippen LogP contribution in [-0.2, 0) is 0 Å². The summed E-state index contributed by atoms with van der Waals surface area (Å²) >= 11 is 0. The minimum Gasteiger partial charge on any atom is -0.373 e. The number of hydrogen-bond donors (Lipinski definition) is 1. The minimum atomic E-state index is 0.792. The first kappa shape index (κ1) is 9.85. The van der Waals surface area contributed by atoms with Gasteiger partial charge in [-0.1, -0.05) is 43.7 Å². The van der Waals surface area contributed by atoms with E-state index in [0.717, 1.165) is 13.2 Å². The number of hydrogen-bond acceptors (Lipinski definition) is 1. The molecule has 2 N–H and O–H groups in total. The molecule has 0 aromatic carbocycles. The molecular weight excluding hydrogens is 145 g/mol. The lowest BCUT2D eigenvalue weighted by Gasteiger charge is -2.17. The maximum Gasteiger partial charge on any atom is 0.201 e. The van der Waals surface area contributed by atoms with E-state index < -0.39 is 0 Å². The van der Waals surface area contributed by atoms with Gasteiger partial charge in [0, 0.05) is 0 Å². The predicted molar refractivity (Wildman–Crippen MR) is 56.5 cm³/mol.